The summed E-state index contributed by atoms with van der Waals surface area (Å²) < 4.78 is 37.8. The van der Waals surface area contributed by atoms with Crippen molar-refractivity contribution >= 4 is 43.4 Å². The van der Waals surface area contributed by atoms with Crippen molar-refractivity contribution in [1.29, 1.82) is 0 Å². The van der Waals surface area contributed by atoms with Crippen molar-refractivity contribution in [3.63, 3.8) is 0 Å². The topological polar surface area (TPSA) is 118 Å². The molecule has 0 bridgehead atoms. The number of benzene rings is 3. The molecular weight excluding hydrogens is 539 g/mol. The summed E-state index contributed by atoms with van der Waals surface area (Å²) in [4.78, 5) is 27.3. The maximum atomic E-state index is 14.1. The van der Waals surface area contributed by atoms with Crippen molar-refractivity contribution in [1.82, 2.24) is 4.90 Å². The van der Waals surface area contributed by atoms with Crippen LogP contribution in [0, 0.1) is 5.82 Å². The van der Waals surface area contributed by atoms with E-state index in [2.05, 4.69) is 15.9 Å². The third-order valence-corrected chi connectivity index (χ3v) is 7.17. The van der Waals surface area contributed by atoms with E-state index in [9.17, 15) is 27.5 Å². The van der Waals surface area contributed by atoms with Crippen molar-refractivity contribution in [3.8, 4) is 0 Å². The van der Waals surface area contributed by atoms with Gasteiger partial charge in [-0.2, -0.15) is 0 Å². The number of likely N-dealkylation sites (tertiary alicyclic amines) is 1. The molecule has 1 saturated heterocycles. The van der Waals surface area contributed by atoms with E-state index in [0.29, 0.717) is 16.7 Å². The molecule has 1 aliphatic rings. The van der Waals surface area contributed by atoms with Crippen LogP contribution in [0.15, 0.2) is 87.7 Å². The average molecular weight is 559 g/mol. The van der Waals surface area contributed by atoms with Crippen LogP contribution in [0.3, 0.4) is 0 Å². The SMILES string of the molecule is NS(=O)(=O)c1ccc(CCN2C(=O)C(=O)/C(=C(/O)c3ccc(Br)cc3)C2c2cccc(F)c2)cc1. The molecule has 0 saturated carbocycles. The lowest BCUT2D eigenvalue weighted by Gasteiger charge is -2.25. The Morgan fingerprint density at radius 2 is 1.69 bits per heavy atom. The number of rotatable bonds is 6. The molecular formula is C25H20BrFN2O5S. The van der Waals surface area contributed by atoms with Crippen molar-refractivity contribution < 1.29 is 27.5 Å². The minimum Gasteiger partial charge on any atom is -0.507 e. The molecule has 0 aliphatic carbocycles. The number of amides is 1. The summed E-state index contributed by atoms with van der Waals surface area (Å²) in [5.74, 6) is -2.59. The smallest absolute Gasteiger partial charge is 0.295 e. The Hall–Kier alpha value is -3.34. The molecule has 10 heteroatoms. The molecule has 4 rings (SSSR count). The summed E-state index contributed by atoms with van der Waals surface area (Å²) in [6, 6.07) is 16.9. The first-order valence-electron chi connectivity index (χ1n) is 10.5. The molecule has 180 valence electrons. The Labute approximate surface area is 209 Å². The number of halogens is 2. The van der Waals surface area contributed by atoms with E-state index in [0.717, 1.165) is 4.47 Å². The number of ketones is 1. The molecule has 1 amide bonds. The number of aliphatic hydroxyl groups is 1. The lowest BCUT2D eigenvalue weighted by Crippen LogP contribution is -2.31. The van der Waals surface area contributed by atoms with Gasteiger partial charge in [-0.15, -0.1) is 0 Å². The quantitative estimate of drug-likeness (QED) is 0.270. The standard InChI is InChI=1S/C25H20BrFN2O5S/c26-18-8-6-16(7-9-18)23(30)21-22(17-2-1-3-19(27)14-17)29(25(32)24(21)31)13-12-15-4-10-20(11-5-15)35(28,33)34/h1-11,14,22,30H,12-13H2,(H2,28,33,34)/b23-21+. The first-order valence-corrected chi connectivity index (χ1v) is 12.8. The summed E-state index contributed by atoms with van der Waals surface area (Å²) >= 11 is 3.31. The van der Waals surface area contributed by atoms with E-state index in [1.54, 1.807) is 42.5 Å². The Kier molecular flexibility index (Phi) is 6.88. The first kappa shape index (κ1) is 24.8. The zero-order valence-corrected chi connectivity index (χ0v) is 20.6. The number of nitrogens with two attached hydrogens (primary N) is 1. The molecule has 3 N–H and O–H groups in total. The normalized spacial score (nSPS) is 17.7. The highest BCUT2D eigenvalue weighted by molar-refractivity contribution is 9.10. The summed E-state index contributed by atoms with van der Waals surface area (Å²) in [5, 5.41) is 16.1. The van der Waals surface area contributed by atoms with E-state index in [1.807, 2.05) is 0 Å². The van der Waals surface area contributed by atoms with E-state index in [1.165, 1.54) is 35.2 Å². The van der Waals surface area contributed by atoms with Gasteiger partial charge in [0, 0.05) is 16.6 Å². The third-order valence-electron chi connectivity index (χ3n) is 5.72. The van der Waals surface area contributed by atoms with Gasteiger partial charge in [-0.25, -0.2) is 17.9 Å². The van der Waals surface area contributed by atoms with Crippen LogP contribution in [0.5, 0.6) is 0 Å². The molecule has 7 nitrogen and oxygen atoms in total. The van der Waals surface area contributed by atoms with Gasteiger partial charge in [-0.05, 0) is 53.9 Å². The van der Waals surface area contributed by atoms with E-state index >= 15 is 0 Å². The molecule has 1 fully saturated rings. The Bertz CT molecular complexity index is 1440. The Balaban J connectivity index is 1.73. The average Bonchev–Trinajstić information content (AvgIpc) is 3.07. The fraction of sp³-hybridized carbons (Fsp3) is 0.120. The molecule has 3 aromatic rings. The van der Waals surface area contributed by atoms with Gasteiger partial charge in [-0.1, -0.05) is 52.3 Å². The zero-order valence-electron chi connectivity index (χ0n) is 18.2. The predicted molar refractivity (Wildman–Crippen MR) is 131 cm³/mol. The van der Waals surface area contributed by atoms with Gasteiger partial charge in [0.25, 0.3) is 11.7 Å². The highest BCUT2D eigenvalue weighted by Gasteiger charge is 2.45. The van der Waals surface area contributed by atoms with E-state index in [4.69, 9.17) is 5.14 Å². The Morgan fingerprint density at radius 3 is 2.29 bits per heavy atom. The molecule has 0 aromatic heterocycles. The third kappa shape index (κ3) is 5.19. The van der Waals surface area contributed by atoms with Gasteiger partial charge < -0.3 is 10.0 Å². The van der Waals surface area contributed by atoms with E-state index in [-0.39, 0.29) is 29.2 Å². The summed E-state index contributed by atoms with van der Waals surface area (Å²) in [6.45, 7) is 0.0671. The largest absolute Gasteiger partial charge is 0.507 e. The van der Waals surface area contributed by atoms with Gasteiger partial charge in [0.1, 0.15) is 11.6 Å². The van der Waals surface area contributed by atoms with Crippen molar-refractivity contribution in [2.75, 3.05) is 6.54 Å². The minimum absolute atomic E-state index is 0.0454. The lowest BCUT2D eigenvalue weighted by molar-refractivity contribution is -0.139. The van der Waals surface area contributed by atoms with Crippen molar-refractivity contribution in [2.45, 2.75) is 17.4 Å². The van der Waals surface area contributed by atoms with Crippen molar-refractivity contribution in [3.05, 3.63) is 105 Å². The van der Waals surface area contributed by atoms with Crippen LogP contribution in [-0.4, -0.2) is 36.7 Å². The van der Waals surface area contributed by atoms with Crippen LogP contribution < -0.4 is 5.14 Å². The molecule has 3 aromatic carbocycles. The second-order valence-electron chi connectivity index (χ2n) is 7.99. The fourth-order valence-electron chi connectivity index (χ4n) is 3.99. The fourth-order valence-corrected chi connectivity index (χ4v) is 4.77. The maximum absolute atomic E-state index is 14.1. The second kappa shape index (κ2) is 9.73. The lowest BCUT2D eigenvalue weighted by atomic mass is 9.95. The van der Waals surface area contributed by atoms with Gasteiger partial charge in [0.05, 0.1) is 16.5 Å². The number of sulfonamides is 1. The number of carbonyl (C=O) groups excluding carboxylic acids is 2. The van der Waals surface area contributed by atoms with Gasteiger partial charge in [0.15, 0.2) is 0 Å². The highest BCUT2D eigenvalue weighted by Crippen LogP contribution is 2.39. The minimum atomic E-state index is -3.84. The zero-order chi connectivity index (χ0) is 25.3. The number of primary sulfonamides is 1. The van der Waals surface area contributed by atoms with Crippen LogP contribution in [-0.2, 0) is 26.0 Å². The molecule has 1 unspecified atom stereocenters. The molecule has 35 heavy (non-hydrogen) atoms. The highest BCUT2D eigenvalue weighted by atomic mass is 79.9. The summed E-state index contributed by atoms with van der Waals surface area (Å²) in [7, 11) is -3.84. The van der Waals surface area contributed by atoms with Crippen LogP contribution in [0.25, 0.3) is 5.76 Å². The van der Waals surface area contributed by atoms with Gasteiger partial charge in [-0.3, -0.25) is 9.59 Å². The molecule has 1 heterocycles. The second-order valence-corrected chi connectivity index (χ2v) is 10.5. The van der Waals surface area contributed by atoms with Gasteiger partial charge in [0.2, 0.25) is 10.0 Å². The summed E-state index contributed by atoms with van der Waals surface area (Å²) in [5.41, 5.74) is 1.25. The number of aliphatic hydroxyl groups excluding tert-OH is 1. The molecule has 1 aliphatic heterocycles. The Morgan fingerprint density at radius 1 is 1.03 bits per heavy atom. The summed E-state index contributed by atoms with van der Waals surface area (Å²) in [6.07, 6.45) is 0.280. The maximum Gasteiger partial charge on any atom is 0.295 e. The monoisotopic (exact) mass is 558 g/mol. The molecule has 0 spiro atoms. The van der Waals surface area contributed by atoms with Crippen LogP contribution in [0.1, 0.15) is 22.7 Å². The van der Waals surface area contributed by atoms with Gasteiger partial charge >= 0.3 is 0 Å². The van der Waals surface area contributed by atoms with Crippen molar-refractivity contribution in [2.24, 2.45) is 5.14 Å². The number of nitrogens with zero attached hydrogens (tertiary/aromatic N) is 1. The number of hydrogen-bond donors (Lipinski definition) is 2. The van der Waals surface area contributed by atoms with Crippen LogP contribution >= 0.6 is 15.9 Å². The van der Waals surface area contributed by atoms with Crippen LogP contribution in [0.4, 0.5) is 4.39 Å². The first-order chi connectivity index (χ1) is 16.6. The predicted octanol–water partition coefficient (Wildman–Crippen LogP) is 3.90. The van der Waals surface area contributed by atoms with E-state index < -0.39 is 33.6 Å². The number of hydrogen-bond acceptors (Lipinski definition) is 5. The molecule has 1 atom stereocenters. The number of carbonyl (C=O) groups is 2. The molecule has 0 radical (unpaired) electrons. The number of Topliss-reactive ketones (excluding diaryl/α,β-unsaturated/α-hetero) is 1. The van der Waals surface area contributed by atoms with Crippen LogP contribution in [0.2, 0.25) is 0 Å².